The predicted molar refractivity (Wildman–Crippen MR) is 68.7 cm³/mol. The standard InChI is InChI=1S/C14H19N3O/c15-13-9-17(8-12(13)11-3-4-11)14(18)6-10-2-1-5-16-7-10/h1-2,5,7,11-13H,3-4,6,8-9,15H2/t12-,13+/m1/s1. The molecule has 3 rings (SSSR count). The summed E-state index contributed by atoms with van der Waals surface area (Å²) in [6, 6.07) is 3.99. The van der Waals surface area contributed by atoms with E-state index in [1.807, 2.05) is 17.0 Å². The number of carbonyl (C=O) groups excluding carboxylic acids is 1. The summed E-state index contributed by atoms with van der Waals surface area (Å²) in [4.78, 5) is 18.2. The number of nitrogens with zero attached hydrogens (tertiary/aromatic N) is 2. The van der Waals surface area contributed by atoms with Crippen LogP contribution in [0.1, 0.15) is 18.4 Å². The van der Waals surface area contributed by atoms with E-state index >= 15 is 0 Å². The Hall–Kier alpha value is -1.42. The Bertz CT molecular complexity index is 430. The van der Waals surface area contributed by atoms with E-state index in [2.05, 4.69) is 4.98 Å². The first-order valence-electron chi connectivity index (χ1n) is 6.66. The molecule has 18 heavy (non-hydrogen) atoms. The van der Waals surface area contributed by atoms with E-state index in [4.69, 9.17) is 5.73 Å². The minimum absolute atomic E-state index is 0.176. The molecule has 1 aliphatic carbocycles. The second-order valence-electron chi connectivity index (χ2n) is 5.50. The molecule has 0 bridgehead atoms. The zero-order chi connectivity index (χ0) is 12.5. The maximum Gasteiger partial charge on any atom is 0.227 e. The molecule has 0 unspecified atom stereocenters. The molecule has 2 fully saturated rings. The molecule has 1 aromatic heterocycles. The maximum absolute atomic E-state index is 12.2. The highest BCUT2D eigenvalue weighted by Gasteiger charge is 2.41. The largest absolute Gasteiger partial charge is 0.340 e. The summed E-state index contributed by atoms with van der Waals surface area (Å²) in [5.41, 5.74) is 7.11. The number of aromatic nitrogens is 1. The van der Waals surface area contributed by atoms with Crippen molar-refractivity contribution in [3.05, 3.63) is 30.1 Å². The molecule has 1 saturated carbocycles. The molecule has 96 valence electrons. The fourth-order valence-corrected chi connectivity index (χ4v) is 2.87. The monoisotopic (exact) mass is 245 g/mol. The van der Waals surface area contributed by atoms with Gasteiger partial charge in [-0.1, -0.05) is 6.07 Å². The van der Waals surface area contributed by atoms with Crippen molar-refractivity contribution in [2.75, 3.05) is 13.1 Å². The summed E-state index contributed by atoms with van der Waals surface area (Å²) < 4.78 is 0. The molecule has 1 aliphatic heterocycles. The van der Waals surface area contributed by atoms with Gasteiger partial charge < -0.3 is 10.6 Å². The number of hydrogen-bond acceptors (Lipinski definition) is 3. The Kier molecular flexibility index (Phi) is 3.04. The van der Waals surface area contributed by atoms with Crippen molar-refractivity contribution in [1.29, 1.82) is 0 Å². The number of rotatable bonds is 3. The second-order valence-corrected chi connectivity index (χ2v) is 5.50. The summed E-state index contributed by atoms with van der Waals surface area (Å²) in [7, 11) is 0. The minimum atomic E-state index is 0.176. The van der Waals surface area contributed by atoms with Crippen LogP contribution in [0.2, 0.25) is 0 Å². The topological polar surface area (TPSA) is 59.2 Å². The molecule has 0 radical (unpaired) electrons. The molecule has 1 aromatic rings. The highest BCUT2D eigenvalue weighted by molar-refractivity contribution is 5.79. The average Bonchev–Trinajstić information content (AvgIpc) is 3.14. The van der Waals surface area contributed by atoms with E-state index < -0.39 is 0 Å². The molecular formula is C14H19N3O. The summed E-state index contributed by atoms with van der Waals surface area (Å²) in [5.74, 6) is 1.49. The van der Waals surface area contributed by atoms with Crippen molar-refractivity contribution < 1.29 is 4.79 Å². The van der Waals surface area contributed by atoms with Crippen LogP contribution in [0, 0.1) is 11.8 Å². The quantitative estimate of drug-likeness (QED) is 0.857. The summed E-state index contributed by atoms with van der Waals surface area (Å²) >= 11 is 0. The zero-order valence-corrected chi connectivity index (χ0v) is 10.5. The highest BCUT2D eigenvalue weighted by atomic mass is 16.2. The lowest BCUT2D eigenvalue weighted by Crippen LogP contribution is -2.33. The fraction of sp³-hybridized carbons (Fsp3) is 0.571. The smallest absolute Gasteiger partial charge is 0.227 e. The third-order valence-corrected chi connectivity index (χ3v) is 4.07. The van der Waals surface area contributed by atoms with Gasteiger partial charge in [-0.15, -0.1) is 0 Å². The fourth-order valence-electron chi connectivity index (χ4n) is 2.87. The van der Waals surface area contributed by atoms with Crippen LogP contribution in [0.3, 0.4) is 0 Å². The highest BCUT2D eigenvalue weighted by Crippen LogP contribution is 2.40. The van der Waals surface area contributed by atoms with Gasteiger partial charge in [-0.2, -0.15) is 0 Å². The Morgan fingerprint density at radius 1 is 1.44 bits per heavy atom. The van der Waals surface area contributed by atoms with Crippen LogP contribution >= 0.6 is 0 Å². The summed E-state index contributed by atoms with van der Waals surface area (Å²) in [6.45, 7) is 1.57. The maximum atomic E-state index is 12.2. The number of amides is 1. The van der Waals surface area contributed by atoms with Crippen molar-refractivity contribution in [1.82, 2.24) is 9.88 Å². The van der Waals surface area contributed by atoms with E-state index in [0.29, 0.717) is 12.3 Å². The molecule has 4 nitrogen and oxygen atoms in total. The molecule has 1 saturated heterocycles. The minimum Gasteiger partial charge on any atom is -0.340 e. The molecule has 2 atom stereocenters. The van der Waals surface area contributed by atoms with Gasteiger partial charge in [-0.05, 0) is 36.3 Å². The van der Waals surface area contributed by atoms with Gasteiger partial charge in [0.2, 0.25) is 5.91 Å². The molecule has 4 heteroatoms. The molecule has 2 heterocycles. The van der Waals surface area contributed by atoms with Gasteiger partial charge in [0.1, 0.15) is 0 Å². The van der Waals surface area contributed by atoms with Crippen molar-refractivity contribution in [2.45, 2.75) is 25.3 Å². The third kappa shape index (κ3) is 2.38. The molecule has 0 aromatic carbocycles. The number of likely N-dealkylation sites (tertiary alicyclic amines) is 1. The summed E-state index contributed by atoms with van der Waals surface area (Å²) in [5, 5.41) is 0. The lowest BCUT2D eigenvalue weighted by Gasteiger charge is -2.16. The molecular weight excluding hydrogens is 226 g/mol. The van der Waals surface area contributed by atoms with Crippen LogP contribution < -0.4 is 5.73 Å². The number of carbonyl (C=O) groups is 1. The van der Waals surface area contributed by atoms with Crippen molar-refractivity contribution in [2.24, 2.45) is 17.6 Å². The molecule has 2 N–H and O–H groups in total. The first-order chi connectivity index (χ1) is 8.74. The molecule has 1 amide bonds. The van der Waals surface area contributed by atoms with Gasteiger partial charge in [0, 0.05) is 31.5 Å². The van der Waals surface area contributed by atoms with Crippen LogP contribution in [0.4, 0.5) is 0 Å². The van der Waals surface area contributed by atoms with Gasteiger partial charge in [0.05, 0.1) is 6.42 Å². The lowest BCUT2D eigenvalue weighted by atomic mass is 9.99. The van der Waals surface area contributed by atoms with Crippen LogP contribution in [0.15, 0.2) is 24.5 Å². The first-order valence-corrected chi connectivity index (χ1v) is 6.66. The lowest BCUT2D eigenvalue weighted by molar-refractivity contribution is -0.129. The second kappa shape index (κ2) is 4.69. The molecule has 0 spiro atoms. The number of nitrogens with two attached hydrogens (primary N) is 1. The van der Waals surface area contributed by atoms with Crippen LogP contribution in [-0.2, 0) is 11.2 Å². The number of hydrogen-bond donors (Lipinski definition) is 1. The van der Waals surface area contributed by atoms with E-state index in [1.165, 1.54) is 12.8 Å². The predicted octanol–water partition coefficient (Wildman–Crippen LogP) is 0.820. The van der Waals surface area contributed by atoms with Crippen molar-refractivity contribution >= 4 is 5.91 Å². The van der Waals surface area contributed by atoms with Gasteiger partial charge in [-0.3, -0.25) is 9.78 Å². The van der Waals surface area contributed by atoms with Crippen molar-refractivity contribution in [3.63, 3.8) is 0 Å². The van der Waals surface area contributed by atoms with Crippen LogP contribution in [0.25, 0.3) is 0 Å². The Labute approximate surface area is 107 Å². The average molecular weight is 245 g/mol. The van der Waals surface area contributed by atoms with Gasteiger partial charge in [-0.25, -0.2) is 0 Å². The molecule has 2 aliphatic rings. The van der Waals surface area contributed by atoms with Gasteiger partial charge in [0.15, 0.2) is 0 Å². The van der Waals surface area contributed by atoms with E-state index in [1.54, 1.807) is 12.4 Å². The van der Waals surface area contributed by atoms with Gasteiger partial charge in [0.25, 0.3) is 0 Å². The van der Waals surface area contributed by atoms with E-state index in [-0.39, 0.29) is 11.9 Å². The van der Waals surface area contributed by atoms with E-state index in [0.717, 1.165) is 24.6 Å². The zero-order valence-electron chi connectivity index (χ0n) is 10.5. The Morgan fingerprint density at radius 2 is 2.28 bits per heavy atom. The van der Waals surface area contributed by atoms with Crippen LogP contribution in [-0.4, -0.2) is 34.9 Å². The Morgan fingerprint density at radius 3 is 2.94 bits per heavy atom. The number of pyridine rings is 1. The third-order valence-electron chi connectivity index (χ3n) is 4.07. The normalized spacial score (nSPS) is 27.5. The first kappa shape index (κ1) is 11.7. The van der Waals surface area contributed by atoms with E-state index in [9.17, 15) is 4.79 Å². The summed E-state index contributed by atoms with van der Waals surface area (Å²) in [6.07, 6.45) is 6.51. The Balaban J connectivity index is 1.60. The van der Waals surface area contributed by atoms with Gasteiger partial charge >= 0.3 is 0 Å². The SMILES string of the molecule is N[C@H]1CN(C(=O)Cc2cccnc2)C[C@@H]1C1CC1. The van der Waals surface area contributed by atoms with Crippen molar-refractivity contribution in [3.8, 4) is 0 Å². The van der Waals surface area contributed by atoms with Crippen LogP contribution in [0.5, 0.6) is 0 Å².